The van der Waals surface area contributed by atoms with E-state index in [1.165, 1.54) is 14.2 Å². The zero-order valence-electron chi connectivity index (χ0n) is 16.4. The van der Waals surface area contributed by atoms with E-state index < -0.39 is 0 Å². The molecule has 0 aliphatic heterocycles. The number of benzene rings is 2. The fraction of sp³-hybridized carbons (Fsp3) is 0.227. The van der Waals surface area contributed by atoms with E-state index in [1.54, 1.807) is 30.3 Å². The molecule has 0 saturated heterocycles. The molecule has 152 valence electrons. The van der Waals surface area contributed by atoms with Crippen molar-refractivity contribution >= 4 is 6.79 Å². The first-order valence-electron chi connectivity index (χ1n) is 8.36. The molecule has 6 nitrogen and oxygen atoms in total. The summed E-state index contributed by atoms with van der Waals surface area (Å²) in [5.74, 6) is 1.07. The van der Waals surface area contributed by atoms with E-state index in [4.69, 9.17) is 19.4 Å². The van der Waals surface area contributed by atoms with Gasteiger partial charge in [0.2, 0.25) is 0 Å². The van der Waals surface area contributed by atoms with Crippen LogP contribution < -0.4 is 9.47 Å². The SMILES string of the molecule is C=CCc1cc(CO)c(O)c(OC)c1.C=CCc1ccc(O)c(OC)c1.C=O. The van der Waals surface area contributed by atoms with Crippen molar-refractivity contribution in [3.63, 3.8) is 0 Å². The molecule has 6 heteroatoms. The van der Waals surface area contributed by atoms with Crippen molar-refractivity contribution < 1.29 is 29.6 Å². The van der Waals surface area contributed by atoms with Crippen molar-refractivity contribution in [3.05, 3.63) is 72.3 Å². The number of ether oxygens (including phenoxy) is 2. The number of carbonyl (C=O) groups is 1. The maximum Gasteiger partial charge on any atom is 0.163 e. The molecule has 3 N–H and O–H groups in total. The summed E-state index contributed by atoms with van der Waals surface area (Å²) in [6, 6.07) is 8.74. The van der Waals surface area contributed by atoms with Gasteiger partial charge in [0.15, 0.2) is 23.0 Å². The summed E-state index contributed by atoms with van der Waals surface area (Å²) in [5, 5.41) is 27.8. The Morgan fingerprint density at radius 3 is 1.93 bits per heavy atom. The minimum atomic E-state index is -0.201. The van der Waals surface area contributed by atoms with Crippen LogP contribution in [0.2, 0.25) is 0 Å². The molecule has 0 atom stereocenters. The van der Waals surface area contributed by atoms with Gasteiger partial charge in [0.1, 0.15) is 6.79 Å². The molecule has 0 radical (unpaired) electrons. The molecular weight excluding hydrogens is 360 g/mol. The molecule has 0 aliphatic carbocycles. The van der Waals surface area contributed by atoms with Gasteiger partial charge in [0.25, 0.3) is 0 Å². The average molecular weight is 388 g/mol. The second kappa shape index (κ2) is 13.9. The first kappa shape index (κ1) is 24.8. The average Bonchev–Trinajstić information content (AvgIpc) is 2.73. The van der Waals surface area contributed by atoms with Gasteiger partial charge < -0.3 is 29.6 Å². The molecule has 0 bridgehead atoms. The number of allylic oxidation sites excluding steroid dienone is 2. The normalized spacial score (nSPS) is 9.11. The highest BCUT2D eigenvalue weighted by Gasteiger charge is 2.08. The number of phenolic OH excluding ortho intramolecular Hbond substituents is 1. The minimum absolute atomic E-state index is 0.00260. The van der Waals surface area contributed by atoms with Crippen LogP contribution in [0.1, 0.15) is 16.7 Å². The lowest BCUT2D eigenvalue weighted by Gasteiger charge is -2.09. The maximum atomic E-state index is 9.57. The number of aliphatic hydroxyl groups excluding tert-OH is 1. The molecule has 2 rings (SSSR count). The van der Waals surface area contributed by atoms with Gasteiger partial charge in [0.05, 0.1) is 20.8 Å². The van der Waals surface area contributed by atoms with Crippen LogP contribution in [0.5, 0.6) is 23.0 Å². The first-order chi connectivity index (χ1) is 13.5. The van der Waals surface area contributed by atoms with E-state index in [0.29, 0.717) is 23.5 Å². The molecule has 0 fully saturated rings. The lowest BCUT2D eigenvalue weighted by atomic mass is 10.1. The summed E-state index contributed by atoms with van der Waals surface area (Å²) in [5.41, 5.74) is 2.51. The Labute approximate surface area is 166 Å². The third kappa shape index (κ3) is 7.55. The Morgan fingerprint density at radius 2 is 1.43 bits per heavy atom. The predicted molar refractivity (Wildman–Crippen MR) is 110 cm³/mol. The van der Waals surface area contributed by atoms with Crippen molar-refractivity contribution in [1.82, 2.24) is 0 Å². The Balaban J connectivity index is 0.000000483. The highest BCUT2D eigenvalue weighted by molar-refractivity contribution is 5.48. The Kier molecular flexibility index (Phi) is 12.3. The van der Waals surface area contributed by atoms with Crippen molar-refractivity contribution in [2.24, 2.45) is 0 Å². The van der Waals surface area contributed by atoms with Crippen LogP contribution in [-0.4, -0.2) is 36.3 Å². The van der Waals surface area contributed by atoms with Crippen molar-refractivity contribution in [2.75, 3.05) is 14.2 Å². The minimum Gasteiger partial charge on any atom is -0.504 e. The van der Waals surface area contributed by atoms with Crippen molar-refractivity contribution in [3.8, 4) is 23.0 Å². The maximum absolute atomic E-state index is 9.57. The fourth-order valence-electron chi connectivity index (χ4n) is 2.31. The van der Waals surface area contributed by atoms with Gasteiger partial charge in [-0.25, -0.2) is 0 Å². The third-order valence-corrected chi connectivity index (χ3v) is 3.61. The van der Waals surface area contributed by atoms with Crippen LogP contribution in [0.3, 0.4) is 0 Å². The first-order valence-corrected chi connectivity index (χ1v) is 8.36. The monoisotopic (exact) mass is 388 g/mol. The zero-order chi connectivity index (χ0) is 21.5. The molecule has 0 aliphatic rings. The molecule has 2 aromatic carbocycles. The van der Waals surface area contributed by atoms with Crippen molar-refractivity contribution in [2.45, 2.75) is 19.4 Å². The number of hydrogen-bond donors (Lipinski definition) is 3. The van der Waals surface area contributed by atoms with E-state index in [0.717, 1.165) is 17.5 Å². The molecule has 2 aromatic rings. The van der Waals surface area contributed by atoms with Gasteiger partial charge in [-0.15, -0.1) is 13.2 Å². The molecule has 0 unspecified atom stereocenters. The second-order valence-electron chi connectivity index (χ2n) is 5.46. The van der Waals surface area contributed by atoms with E-state index in [9.17, 15) is 10.2 Å². The van der Waals surface area contributed by atoms with Crippen LogP contribution in [0, 0.1) is 0 Å². The van der Waals surface area contributed by atoms with Gasteiger partial charge >= 0.3 is 0 Å². The summed E-state index contributed by atoms with van der Waals surface area (Å²) in [4.78, 5) is 8.00. The molecule has 0 spiro atoms. The molecule has 0 aromatic heterocycles. The smallest absolute Gasteiger partial charge is 0.163 e. The molecule has 0 heterocycles. The summed E-state index contributed by atoms with van der Waals surface area (Å²) >= 11 is 0. The number of aromatic hydroxyl groups is 2. The summed E-state index contributed by atoms with van der Waals surface area (Å²) < 4.78 is 9.93. The largest absolute Gasteiger partial charge is 0.504 e. The van der Waals surface area contributed by atoms with Crippen LogP contribution in [0.4, 0.5) is 0 Å². The fourth-order valence-corrected chi connectivity index (χ4v) is 2.31. The number of phenols is 2. The number of hydrogen-bond acceptors (Lipinski definition) is 6. The Morgan fingerprint density at radius 1 is 0.893 bits per heavy atom. The van der Waals surface area contributed by atoms with Crippen molar-refractivity contribution in [1.29, 1.82) is 0 Å². The van der Waals surface area contributed by atoms with Crippen LogP contribution in [-0.2, 0) is 24.2 Å². The van der Waals surface area contributed by atoms with Gasteiger partial charge in [-0.2, -0.15) is 0 Å². The van der Waals surface area contributed by atoms with Crippen LogP contribution >= 0.6 is 0 Å². The van der Waals surface area contributed by atoms with Gasteiger partial charge in [0, 0.05) is 5.56 Å². The lowest BCUT2D eigenvalue weighted by molar-refractivity contribution is -0.0980. The lowest BCUT2D eigenvalue weighted by Crippen LogP contribution is -1.93. The topological polar surface area (TPSA) is 96.2 Å². The predicted octanol–water partition coefficient (Wildman–Crippen LogP) is 3.57. The molecular formula is C22H28O6. The number of rotatable bonds is 7. The summed E-state index contributed by atoms with van der Waals surface area (Å²) in [7, 11) is 3.01. The summed E-state index contributed by atoms with van der Waals surface area (Å²) in [6.07, 6.45) is 5.04. The number of aliphatic hydroxyl groups is 1. The van der Waals surface area contributed by atoms with Crippen LogP contribution in [0.15, 0.2) is 55.6 Å². The quantitative estimate of drug-likeness (QED) is 0.628. The summed E-state index contributed by atoms with van der Waals surface area (Å²) in [6.45, 7) is 9.05. The van der Waals surface area contributed by atoms with Gasteiger partial charge in [-0.1, -0.05) is 18.2 Å². The van der Waals surface area contributed by atoms with E-state index in [-0.39, 0.29) is 18.1 Å². The van der Waals surface area contributed by atoms with Gasteiger partial charge in [-0.3, -0.25) is 0 Å². The third-order valence-electron chi connectivity index (χ3n) is 3.61. The standard InChI is InChI=1S/C11H14O3.C10H12O2.CH2O/c1-3-4-8-5-9(7-12)11(13)10(6-8)14-2;1-3-4-8-5-6-9(11)10(7-8)12-2;1-2/h3,5-6,12-13H,1,4,7H2,2H3;3,5-7,11H,1,4H2,2H3;1H2. The number of methoxy groups -OCH3 is 2. The molecule has 0 saturated carbocycles. The second-order valence-corrected chi connectivity index (χ2v) is 5.46. The van der Waals surface area contributed by atoms with E-state index in [1.807, 2.05) is 18.9 Å². The molecule has 28 heavy (non-hydrogen) atoms. The molecule has 0 amide bonds. The Hall–Kier alpha value is -3.25. The zero-order valence-corrected chi connectivity index (χ0v) is 16.4. The van der Waals surface area contributed by atoms with E-state index in [2.05, 4.69) is 13.2 Å². The highest BCUT2D eigenvalue weighted by Crippen LogP contribution is 2.31. The van der Waals surface area contributed by atoms with E-state index >= 15 is 0 Å². The van der Waals surface area contributed by atoms with Gasteiger partial charge in [-0.05, 0) is 48.2 Å². The highest BCUT2D eigenvalue weighted by atomic mass is 16.5. The Bertz CT molecular complexity index is 730. The number of carbonyl (C=O) groups excluding carboxylic acids is 1. The van der Waals surface area contributed by atoms with Crippen LogP contribution in [0.25, 0.3) is 0 Å².